The molecule has 0 radical (unpaired) electrons. The van der Waals surface area contributed by atoms with Crippen LogP contribution in [0.2, 0.25) is 0 Å². The summed E-state index contributed by atoms with van der Waals surface area (Å²) in [7, 11) is 0. The normalized spacial score (nSPS) is 12.9. The highest BCUT2D eigenvalue weighted by Gasteiger charge is 2.25. The number of rotatable bonds is 9. The number of aromatic nitrogens is 2. The van der Waals surface area contributed by atoms with E-state index in [2.05, 4.69) is 20.6 Å². The quantitative estimate of drug-likeness (QED) is 0.654. The molecule has 0 unspecified atom stereocenters. The predicted octanol–water partition coefficient (Wildman–Crippen LogP) is 1.55. The average molecular weight is 368 g/mol. The topological polar surface area (TPSA) is 101 Å². The van der Waals surface area contributed by atoms with Gasteiger partial charge in [-0.05, 0) is 17.9 Å². The number of hydrogen-bond acceptors (Lipinski definition) is 5. The molecule has 2 N–H and O–H groups in total. The van der Waals surface area contributed by atoms with Gasteiger partial charge in [0.15, 0.2) is 0 Å². The van der Waals surface area contributed by atoms with E-state index in [0.29, 0.717) is 12.8 Å². The summed E-state index contributed by atoms with van der Waals surface area (Å²) in [5, 5.41) is 5.41. The van der Waals surface area contributed by atoms with Crippen molar-refractivity contribution in [3.8, 4) is 0 Å². The minimum Gasteiger partial charge on any atom is -0.345 e. The Morgan fingerprint density at radius 2 is 1.85 bits per heavy atom. The van der Waals surface area contributed by atoms with E-state index in [1.54, 1.807) is 0 Å². The zero-order valence-electron chi connectivity index (χ0n) is 15.5. The first-order chi connectivity index (χ1) is 13.0. The van der Waals surface area contributed by atoms with E-state index >= 15 is 0 Å². The van der Waals surface area contributed by atoms with Crippen molar-refractivity contribution in [2.75, 3.05) is 0 Å². The van der Waals surface area contributed by atoms with E-state index in [1.165, 1.54) is 18.6 Å². The molecule has 0 fully saturated rings. The maximum Gasteiger partial charge on any atom is 0.272 e. The Kier molecular flexibility index (Phi) is 7.61. The predicted molar refractivity (Wildman–Crippen MR) is 101 cm³/mol. The summed E-state index contributed by atoms with van der Waals surface area (Å²) in [6, 6.07) is 7.92. The third-order valence-corrected chi connectivity index (χ3v) is 3.92. The van der Waals surface area contributed by atoms with Crippen molar-refractivity contribution in [2.24, 2.45) is 5.92 Å². The number of amides is 2. The lowest BCUT2D eigenvalue weighted by atomic mass is 10.0. The van der Waals surface area contributed by atoms with Gasteiger partial charge in [-0.2, -0.15) is 0 Å². The van der Waals surface area contributed by atoms with Crippen LogP contribution in [0.4, 0.5) is 0 Å². The third kappa shape index (κ3) is 6.62. The van der Waals surface area contributed by atoms with Crippen molar-refractivity contribution >= 4 is 18.1 Å². The van der Waals surface area contributed by atoms with Crippen LogP contribution in [-0.2, 0) is 16.0 Å². The van der Waals surface area contributed by atoms with Crippen molar-refractivity contribution < 1.29 is 14.4 Å². The minimum absolute atomic E-state index is 0.123. The Bertz CT molecular complexity index is 750. The Morgan fingerprint density at radius 1 is 1.11 bits per heavy atom. The number of nitrogens with one attached hydrogen (secondary N) is 2. The Hall–Kier alpha value is -3.09. The Balaban J connectivity index is 2.14. The standard InChI is InChI=1S/C20H24N4O3/c1-14(2)10-16(13-25)23-19(26)17(11-15-6-4-3-5-7-15)24-20(27)18-12-21-8-9-22-18/h3-9,12-14,16-17H,10-11H2,1-2H3,(H,23,26)(H,24,27)/t16-,17+/m1/s1. The smallest absolute Gasteiger partial charge is 0.272 e. The summed E-state index contributed by atoms with van der Waals surface area (Å²) < 4.78 is 0. The number of carbonyl (C=O) groups is 3. The van der Waals surface area contributed by atoms with E-state index in [0.717, 1.165) is 11.8 Å². The molecule has 0 aliphatic carbocycles. The summed E-state index contributed by atoms with van der Waals surface area (Å²) >= 11 is 0. The minimum atomic E-state index is -0.837. The zero-order chi connectivity index (χ0) is 19.6. The molecule has 7 nitrogen and oxygen atoms in total. The van der Waals surface area contributed by atoms with Crippen LogP contribution >= 0.6 is 0 Å². The lowest BCUT2D eigenvalue weighted by Gasteiger charge is -2.21. The number of aldehydes is 1. The molecule has 0 saturated heterocycles. The molecule has 2 atom stereocenters. The van der Waals surface area contributed by atoms with Gasteiger partial charge in [0.05, 0.1) is 12.2 Å². The Labute approximate surface area is 158 Å². The fourth-order valence-corrected chi connectivity index (χ4v) is 2.65. The van der Waals surface area contributed by atoms with E-state index in [1.807, 2.05) is 44.2 Å². The monoisotopic (exact) mass is 368 g/mol. The van der Waals surface area contributed by atoms with Gasteiger partial charge >= 0.3 is 0 Å². The number of nitrogens with zero attached hydrogens (tertiary/aromatic N) is 2. The van der Waals surface area contributed by atoms with Gasteiger partial charge in [0, 0.05) is 18.8 Å². The lowest BCUT2D eigenvalue weighted by molar-refractivity contribution is -0.125. The second kappa shape index (κ2) is 10.2. The van der Waals surface area contributed by atoms with Gasteiger partial charge in [-0.25, -0.2) is 4.98 Å². The fourth-order valence-electron chi connectivity index (χ4n) is 2.65. The average Bonchev–Trinajstić information content (AvgIpc) is 2.68. The van der Waals surface area contributed by atoms with Crippen LogP contribution < -0.4 is 10.6 Å². The SMILES string of the molecule is CC(C)C[C@H](C=O)NC(=O)[C@H](Cc1ccccc1)NC(=O)c1cnccn1. The molecule has 0 aliphatic rings. The highest BCUT2D eigenvalue weighted by Crippen LogP contribution is 2.07. The molecule has 1 heterocycles. The van der Waals surface area contributed by atoms with Gasteiger partial charge in [-0.1, -0.05) is 44.2 Å². The lowest BCUT2D eigenvalue weighted by Crippen LogP contribution is -2.51. The molecule has 1 aromatic heterocycles. The molecule has 2 aromatic rings. The van der Waals surface area contributed by atoms with Crippen LogP contribution in [0.1, 0.15) is 36.3 Å². The van der Waals surface area contributed by atoms with Gasteiger partial charge in [0.25, 0.3) is 5.91 Å². The summed E-state index contributed by atoms with van der Waals surface area (Å²) in [5.41, 5.74) is 1.01. The number of carbonyl (C=O) groups excluding carboxylic acids is 3. The number of hydrogen-bond donors (Lipinski definition) is 2. The van der Waals surface area contributed by atoms with Crippen molar-refractivity contribution in [3.63, 3.8) is 0 Å². The van der Waals surface area contributed by atoms with Crippen LogP contribution in [0, 0.1) is 5.92 Å². The second-order valence-corrected chi connectivity index (χ2v) is 6.69. The van der Waals surface area contributed by atoms with E-state index < -0.39 is 23.9 Å². The van der Waals surface area contributed by atoms with E-state index in [4.69, 9.17) is 0 Å². The molecule has 0 saturated carbocycles. The van der Waals surface area contributed by atoms with E-state index in [9.17, 15) is 14.4 Å². The molecule has 27 heavy (non-hydrogen) atoms. The molecular formula is C20H24N4O3. The zero-order valence-corrected chi connectivity index (χ0v) is 15.5. The van der Waals surface area contributed by atoms with Gasteiger partial charge in [-0.15, -0.1) is 0 Å². The fraction of sp³-hybridized carbons (Fsp3) is 0.350. The highest BCUT2D eigenvalue weighted by molar-refractivity contribution is 5.96. The molecule has 2 amide bonds. The molecule has 142 valence electrons. The molecular weight excluding hydrogens is 344 g/mol. The molecule has 0 bridgehead atoms. The molecule has 0 spiro atoms. The van der Waals surface area contributed by atoms with Gasteiger partial charge in [0.1, 0.15) is 18.0 Å². The maximum absolute atomic E-state index is 12.7. The summed E-state index contributed by atoms with van der Waals surface area (Å²) in [5.74, 6) is -0.651. The molecule has 7 heteroatoms. The summed E-state index contributed by atoms with van der Waals surface area (Å²) in [4.78, 5) is 44.3. The van der Waals surface area contributed by atoms with Crippen molar-refractivity contribution in [3.05, 3.63) is 60.2 Å². The van der Waals surface area contributed by atoms with Crippen LogP contribution in [0.25, 0.3) is 0 Å². The van der Waals surface area contributed by atoms with Crippen molar-refractivity contribution in [1.29, 1.82) is 0 Å². The maximum atomic E-state index is 12.7. The van der Waals surface area contributed by atoms with Crippen molar-refractivity contribution in [2.45, 2.75) is 38.8 Å². The first kappa shape index (κ1) is 20.2. The highest BCUT2D eigenvalue weighted by atomic mass is 16.2. The molecule has 2 rings (SSSR count). The van der Waals surface area contributed by atoms with Gasteiger partial charge in [0.2, 0.25) is 5.91 Å². The van der Waals surface area contributed by atoms with Crippen LogP contribution in [-0.4, -0.2) is 40.2 Å². The third-order valence-electron chi connectivity index (χ3n) is 3.92. The van der Waals surface area contributed by atoms with Crippen molar-refractivity contribution in [1.82, 2.24) is 20.6 Å². The number of benzene rings is 1. The molecule has 0 aliphatic heterocycles. The van der Waals surface area contributed by atoms with Crippen LogP contribution in [0.15, 0.2) is 48.9 Å². The second-order valence-electron chi connectivity index (χ2n) is 6.69. The molecule has 1 aromatic carbocycles. The first-order valence-corrected chi connectivity index (χ1v) is 8.86. The van der Waals surface area contributed by atoms with Crippen LogP contribution in [0.5, 0.6) is 0 Å². The first-order valence-electron chi connectivity index (χ1n) is 8.86. The largest absolute Gasteiger partial charge is 0.345 e. The van der Waals surface area contributed by atoms with Crippen LogP contribution in [0.3, 0.4) is 0 Å². The van der Waals surface area contributed by atoms with Gasteiger partial charge in [-0.3, -0.25) is 14.6 Å². The summed E-state index contributed by atoms with van der Waals surface area (Å²) in [6.07, 6.45) is 5.76. The van der Waals surface area contributed by atoms with E-state index in [-0.39, 0.29) is 11.6 Å². The summed E-state index contributed by atoms with van der Waals surface area (Å²) in [6.45, 7) is 3.94. The van der Waals surface area contributed by atoms with Gasteiger partial charge < -0.3 is 15.4 Å². The Morgan fingerprint density at radius 3 is 2.44 bits per heavy atom.